The second-order valence-electron chi connectivity index (χ2n) is 7.15. The highest BCUT2D eigenvalue weighted by Crippen LogP contribution is 2.40. The number of ketones is 1. The first-order valence-corrected chi connectivity index (χ1v) is 10.1. The first-order valence-electron chi connectivity index (χ1n) is 10.1. The Hall–Kier alpha value is -3.93. The molecule has 1 fully saturated rings. The smallest absolute Gasteiger partial charge is 0.295 e. The Morgan fingerprint density at radius 1 is 1.00 bits per heavy atom. The molecule has 0 spiro atoms. The van der Waals surface area contributed by atoms with Crippen LogP contribution in [0.3, 0.4) is 0 Å². The third-order valence-corrected chi connectivity index (χ3v) is 5.20. The minimum atomic E-state index is -0.718. The Morgan fingerprint density at radius 3 is 2.32 bits per heavy atom. The van der Waals surface area contributed by atoms with Crippen LogP contribution in [-0.2, 0) is 16.1 Å². The number of ether oxygens (including phenoxy) is 1. The third kappa shape index (κ3) is 4.05. The summed E-state index contributed by atoms with van der Waals surface area (Å²) >= 11 is 0. The molecule has 1 aliphatic rings. The van der Waals surface area contributed by atoms with Crippen LogP contribution in [0.5, 0.6) is 5.75 Å². The predicted molar refractivity (Wildman–Crippen MR) is 116 cm³/mol. The van der Waals surface area contributed by atoms with E-state index in [2.05, 4.69) is 4.98 Å². The number of rotatable bonds is 6. The van der Waals surface area contributed by atoms with Crippen molar-refractivity contribution in [2.24, 2.45) is 0 Å². The molecular formula is C25H22N2O4. The van der Waals surface area contributed by atoms with Gasteiger partial charge in [-0.25, -0.2) is 0 Å². The van der Waals surface area contributed by atoms with Crippen molar-refractivity contribution in [1.29, 1.82) is 0 Å². The zero-order valence-electron chi connectivity index (χ0n) is 17.1. The highest BCUT2D eigenvalue weighted by atomic mass is 16.5. The SMILES string of the molecule is CCOc1ccc(C2C(=C(O)c3ccncc3)C(=O)C(=O)N2Cc2ccccc2)cc1. The van der Waals surface area contributed by atoms with Crippen LogP contribution >= 0.6 is 0 Å². The minimum Gasteiger partial charge on any atom is -0.507 e. The quantitative estimate of drug-likeness (QED) is 0.373. The van der Waals surface area contributed by atoms with Crippen molar-refractivity contribution in [2.45, 2.75) is 19.5 Å². The predicted octanol–water partition coefficient (Wildman–Crippen LogP) is 4.10. The molecule has 4 rings (SSSR count). The van der Waals surface area contributed by atoms with Crippen LogP contribution < -0.4 is 4.74 Å². The van der Waals surface area contributed by atoms with Crippen LogP contribution in [0.2, 0.25) is 0 Å². The van der Waals surface area contributed by atoms with E-state index in [0.29, 0.717) is 23.5 Å². The van der Waals surface area contributed by atoms with Crippen LogP contribution in [0.1, 0.15) is 29.7 Å². The lowest BCUT2D eigenvalue weighted by molar-refractivity contribution is -0.140. The van der Waals surface area contributed by atoms with E-state index >= 15 is 0 Å². The maximum atomic E-state index is 13.0. The number of carbonyl (C=O) groups excluding carboxylic acids is 2. The average Bonchev–Trinajstić information content (AvgIpc) is 3.05. The van der Waals surface area contributed by atoms with Crippen molar-refractivity contribution in [3.8, 4) is 5.75 Å². The number of carbonyl (C=O) groups is 2. The van der Waals surface area contributed by atoms with E-state index in [1.54, 1.807) is 24.3 Å². The average molecular weight is 414 g/mol. The van der Waals surface area contributed by atoms with Crippen molar-refractivity contribution >= 4 is 17.4 Å². The number of aliphatic hydroxyl groups excluding tert-OH is 1. The van der Waals surface area contributed by atoms with Crippen molar-refractivity contribution in [1.82, 2.24) is 9.88 Å². The molecule has 1 atom stereocenters. The van der Waals surface area contributed by atoms with Gasteiger partial charge in [0.2, 0.25) is 0 Å². The lowest BCUT2D eigenvalue weighted by Crippen LogP contribution is -2.29. The van der Waals surface area contributed by atoms with Gasteiger partial charge in [-0.05, 0) is 42.3 Å². The second-order valence-corrected chi connectivity index (χ2v) is 7.15. The zero-order valence-corrected chi connectivity index (χ0v) is 17.1. The van der Waals surface area contributed by atoms with E-state index in [0.717, 1.165) is 5.56 Å². The molecule has 0 bridgehead atoms. The van der Waals surface area contributed by atoms with Gasteiger partial charge in [-0.3, -0.25) is 14.6 Å². The van der Waals surface area contributed by atoms with Gasteiger partial charge in [-0.1, -0.05) is 42.5 Å². The molecule has 0 aliphatic carbocycles. The summed E-state index contributed by atoms with van der Waals surface area (Å²) in [5, 5.41) is 11.0. The van der Waals surface area contributed by atoms with Crippen molar-refractivity contribution in [3.63, 3.8) is 0 Å². The number of hydrogen-bond acceptors (Lipinski definition) is 5. The fourth-order valence-electron chi connectivity index (χ4n) is 3.75. The molecule has 2 heterocycles. The molecular weight excluding hydrogens is 392 g/mol. The van der Waals surface area contributed by atoms with Gasteiger partial charge < -0.3 is 14.7 Å². The number of pyridine rings is 1. The number of likely N-dealkylation sites (tertiary alicyclic amines) is 1. The summed E-state index contributed by atoms with van der Waals surface area (Å²) in [5.74, 6) is -0.863. The van der Waals surface area contributed by atoms with Crippen molar-refractivity contribution in [3.05, 3.63) is 101 Å². The van der Waals surface area contributed by atoms with Crippen molar-refractivity contribution < 1.29 is 19.4 Å². The Morgan fingerprint density at radius 2 is 1.68 bits per heavy atom. The maximum absolute atomic E-state index is 13.0. The summed E-state index contributed by atoms with van der Waals surface area (Å²) in [4.78, 5) is 31.5. The number of amides is 1. The Bertz CT molecular complexity index is 1110. The van der Waals surface area contributed by atoms with Gasteiger partial charge in [0, 0.05) is 24.5 Å². The molecule has 6 heteroatoms. The molecule has 6 nitrogen and oxygen atoms in total. The maximum Gasteiger partial charge on any atom is 0.295 e. The second kappa shape index (κ2) is 8.83. The van der Waals surface area contributed by atoms with Crippen LogP contribution in [0.15, 0.2) is 84.7 Å². The first kappa shape index (κ1) is 20.3. The minimum absolute atomic E-state index is 0.0660. The zero-order chi connectivity index (χ0) is 21.8. The van der Waals surface area contributed by atoms with Crippen molar-refractivity contribution in [2.75, 3.05) is 6.61 Å². The summed E-state index contributed by atoms with van der Waals surface area (Å²) < 4.78 is 5.52. The van der Waals surface area contributed by atoms with Crippen LogP contribution in [0.4, 0.5) is 0 Å². The molecule has 1 amide bonds. The largest absolute Gasteiger partial charge is 0.507 e. The van der Waals surface area contributed by atoms with E-state index < -0.39 is 17.7 Å². The topological polar surface area (TPSA) is 79.7 Å². The molecule has 0 radical (unpaired) electrons. The van der Waals surface area contributed by atoms with E-state index in [9.17, 15) is 14.7 Å². The Labute approximate surface area is 180 Å². The number of aromatic nitrogens is 1. The molecule has 1 saturated heterocycles. The number of benzene rings is 2. The fraction of sp³-hybridized carbons (Fsp3) is 0.160. The van der Waals surface area contributed by atoms with Gasteiger partial charge in [0.05, 0.1) is 18.2 Å². The van der Waals surface area contributed by atoms with E-state index in [-0.39, 0.29) is 17.9 Å². The van der Waals surface area contributed by atoms with E-state index in [1.807, 2.05) is 49.4 Å². The van der Waals surface area contributed by atoms with Gasteiger partial charge in [-0.2, -0.15) is 0 Å². The molecule has 3 aromatic rings. The highest BCUT2D eigenvalue weighted by molar-refractivity contribution is 6.46. The number of hydrogen-bond donors (Lipinski definition) is 1. The molecule has 1 unspecified atom stereocenters. The third-order valence-electron chi connectivity index (χ3n) is 5.20. The van der Waals surface area contributed by atoms with Gasteiger partial charge in [-0.15, -0.1) is 0 Å². The summed E-state index contributed by atoms with van der Waals surface area (Å²) in [6.07, 6.45) is 3.06. The molecule has 2 aromatic carbocycles. The Kier molecular flexibility index (Phi) is 5.80. The molecule has 1 aromatic heterocycles. The number of nitrogens with zero attached hydrogens (tertiary/aromatic N) is 2. The molecule has 0 saturated carbocycles. The number of Topliss-reactive ketones (excluding diaryl/α,β-unsaturated/α-hetero) is 1. The fourth-order valence-corrected chi connectivity index (χ4v) is 3.75. The standard InChI is InChI=1S/C25H22N2O4/c1-2-31-20-10-8-18(9-11-20)22-21(23(28)19-12-14-26-15-13-19)24(29)25(30)27(22)16-17-6-4-3-5-7-17/h3-15,22,28H,2,16H2,1H3. The Balaban J connectivity index is 1.82. The summed E-state index contributed by atoms with van der Waals surface area (Å²) in [6.45, 7) is 2.68. The van der Waals surface area contributed by atoms with Crippen LogP contribution in [-0.4, -0.2) is 33.3 Å². The monoisotopic (exact) mass is 414 g/mol. The lowest BCUT2D eigenvalue weighted by atomic mass is 9.95. The van der Waals surface area contributed by atoms with E-state index in [4.69, 9.17) is 4.74 Å². The molecule has 31 heavy (non-hydrogen) atoms. The number of aliphatic hydroxyl groups is 1. The highest BCUT2D eigenvalue weighted by Gasteiger charge is 2.46. The normalized spacial score (nSPS) is 17.7. The lowest BCUT2D eigenvalue weighted by Gasteiger charge is -2.25. The van der Waals surface area contributed by atoms with Crippen LogP contribution in [0.25, 0.3) is 5.76 Å². The molecule has 1 N–H and O–H groups in total. The molecule has 1 aliphatic heterocycles. The molecule has 156 valence electrons. The summed E-state index contributed by atoms with van der Waals surface area (Å²) in [7, 11) is 0. The van der Waals surface area contributed by atoms with Crippen LogP contribution in [0, 0.1) is 0 Å². The summed E-state index contributed by atoms with van der Waals surface area (Å²) in [6, 6.07) is 19.2. The first-order chi connectivity index (χ1) is 15.1. The van der Waals surface area contributed by atoms with E-state index in [1.165, 1.54) is 17.3 Å². The van der Waals surface area contributed by atoms with Gasteiger partial charge >= 0.3 is 0 Å². The van der Waals surface area contributed by atoms with Gasteiger partial charge in [0.15, 0.2) is 0 Å². The van der Waals surface area contributed by atoms with Gasteiger partial charge in [0.25, 0.3) is 11.7 Å². The summed E-state index contributed by atoms with van der Waals surface area (Å²) in [5.41, 5.74) is 2.11. The van der Waals surface area contributed by atoms with Gasteiger partial charge in [0.1, 0.15) is 11.5 Å².